The minimum Gasteiger partial charge on any atom is -0.462 e. The molecule has 1 aromatic heterocycles. The lowest BCUT2D eigenvalue weighted by Gasteiger charge is -2.06. The highest BCUT2D eigenvalue weighted by molar-refractivity contribution is 8.01. The number of rotatable bonds is 4. The number of anilines is 1. The van der Waals surface area contributed by atoms with E-state index >= 15 is 0 Å². The summed E-state index contributed by atoms with van der Waals surface area (Å²) < 4.78 is 6.13. The summed E-state index contributed by atoms with van der Waals surface area (Å²) in [5, 5.41) is 3.21. The fourth-order valence-corrected chi connectivity index (χ4v) is 4.36. The molecule has 98 valence electrons. The number of thiophene rings is 1. The third-order valence-corrected chi connectivity index (χ3v) is 5.11. The average molecular weight is 306 g/mol. The van der Waals surface area contributed by atoms with Gasteiger partial charge in [0.15, 0.2) is 0 Å². The van der Waals surface area contributed by atoms with Crippen LogP contribution in [0.15, 0.2) is 4.21 Å². The lowest BCUT2D eigenvalue weighted by Crippen LogP contribution is -2.15. The Balaban J connectivity index is 2.34. The van der Waals surface area contributed by atoms with E-state index in [2.05, 4.69) is 5.32 Å². The molecule has 0 saturated carbocycles. The van der Waals surface area contributed by atoms with E-state index in [1.165, 1.54) is 11.3 Å². The van der Waals surface area contributed by atoms with Crippen LogP contribution >= 0.6 is 34.7 Å². The molecule has 7 heteroatoms. The van der Waals surface area contributed by atoms with Crippen molar-refractivity contribution < 1.29 is 14.3 Å². The number of amides is 1. The Bertz CT molecular complexity index is 487. The van der Waals surface area contributed by atoms with Crippen LogP contribution < -0.4 is 5.32 Å². The number of carbonyl (C=O) groups is 2. The van der Waals surface area contributed by atoms with Gasteiger partial charge in [-0.25, -0.2) is 4.79 Å². The quantitative estimate of drug-likeness (QED) is 0.686. The molecule has 0 radical (unpaired) electrons. The summed E-state index contributed by atoms with van der Waals surface area (Å²) in [5.74, 6) is 0.157. The molecular weight excluding hydrogens is 294 g/mol. The van der Waals surface area contributed by atoms with Crippen LogP contribution in [0.5, 0.6) is 0 Å². The molecule has 0 bridgehead atoms. The van der Waals surface area contributed by atoms with Gasteiger partial charge >= 0.3 is 5.97 Å². The zero-order valence-electron chi connectivity index (χ0n) is 9.75. The van der Waals surface area contributed by atoms with Crippen LogP contribution in [-0.4, -0.2) is 30.1 Å². The monoisotopic (exact) mass is 305 g/mol. The molecule has 0 fully saturated rings. The number of hydrogen-bond acceptors (Lipinski definition) is 5. The molecular formula is C11H12ClNO3S2. The van der Waals surface area contributed by atoms with Crippen LogP contribution in [0.2, 0.25) is 0 Å². The minimum absolute atomic E-state index is 0.127. The maximum absolute atomic E-state index is 11.9. The smallest absolute Gasteiger partial charge is 0.341 e. The van der Waals surface area contributed by atoms with Crippen molar-refractivity contribution in [2.45, 2.75) is 17.6 Å². The lowest BCUT2D eigenvalue weighted by molar-refractivity contribution is -0.113. The molecule has 1 amide bonds. The summed E-state index contributed by atoms with van der Waals surface area (Å²) in [5.41, 5.74) is 1.49. The van der Waals surface area contributed by atoms with Crippen molar-refractivity contribution in [3.63, 3.8) is 0 Å². The molecule has 1 aromatic rings. The molecule has 2 heterocycles. The summed E-state index contributed by atoms with van der Waals surface area (Å²) in [7, 11) is 0. The second-order valence-corrected chi connectivity index (χ2v) is 6.22. The third kappa shape index (κ3) is 2.65. The summed E-state index contributed by atoms with van der Waals surface area (Å²) in [4.78, 5) is 23.3. The predicted molar refractivity (Wildman–Crippen MR) is 74.1 cm³/mol. The lowest BCUT2D eigenvalue weighted by atomic mass is 10.1. The first-order chi connectivity index (χ1) is 8.67. The molecule has 0 aromatic carbocycles. The fraction of sp³-hybridized carbons (Fsp3) is 0.455. The SMILES string of the molecule is CCOC(=O)c1c(NC(=O)CCl)sc2c1CCS2. The highest BCUT2D eigenvalue weighted by atomic mass is 35.5. The van der Waals surface area contributed by atoms with Crippen molar-refractivity contribution in [3.05, 3.63) is 11.1 Å². The molecule has 1 N–H and O–H groups in total. The van der Waals surface area contributed by atoms with E-state index in [4.69, 9.17) is 16.3 Å². The average Bonchev–Trinajstić information content (AvgIpc) is 2.88. The molecule has 0 unspecified atom stereocenters. The molecule has 18 heavy (non-hydrogen) atoms. The molecule has 0 spiro atoms. The Morgan fingerprint density at radius 3 is 2.94 bits per heavy atom. The zero-order chi connectivity index (χ0) is 13.1. The predicted octanol–water partition coefficient (Wildman–Crippen LogP) is 2.75. The second kappa shape index (κ2) is 5.95. The summed E-state index contributed by atoms with van der Waals surface area (Å²) in [6.45, 7) is 2.08. The van der Waals surface area contributed by atoms with Crippen LogP contribution in [0.4, 0.5) is 5.00 Å². The van der Waals surface area contributed by atoms with Gasteiger partial charge in [0.05, 0.1) is 16.4 Å². The van der Waals surface area contributed by atoms with Gasteiger partial charge in [-0.2, -0.15) is 0 Å². The Morgan fingerprint density at radius 2 is 2.28 bits per heavy atom. The number of fused-ring (bicyclic) bond motifs is 1. The fourth-order valence-electron chi connectivity index (χ4n) is 1.70. The highest BCUT2D eigenvalue weighted by Gasteiger charge is 2.28. The number of alkyl halides is 1. The molecule has 4 nitrogen and oxygen atoms in total. The van der Waals surface area contributed by atoms with Gasteiger partial charge in [0.25, 0.3) is 0 Å². The minimum atomic E-state index is -0.373. The summed E-state index contributed by atoms with van der Waals surface area (Å²) in [6, 6.07) is 0. The van der Waals surface area contributed by atoms with Crippen LogP contribution in [0.25, 0.3) is 0 Å². The first-order valence-electron chi connectivity index (χ1n) is 5.48. The third-order valence-electron chi connectivity index (χ3n) is 2.41. The summed E-state index contributed by atoms with van der Waals surface area (Å²) in [6.07, 6.45) is 0.835. The van der Waals surface area contributed by atoms with Crippen molar-refractivity contribution in [1.29, 1.82) is 0 Å². The molecule has 0 saturated heterocycles. The Kier molecular flexibility index (Phi) is 4.53. The number of halogens is 1. The van der Waals surface area contributed by atoms with Gasteiger partial charge in [-0.1, -0.05) is 0 Å². The standard InChI is InChI=1S/C11H12ClNO3S2/c1-2-16-10(15)8-6-3-4-17-11(6)18-9(8)13-7(14)5-12/h2-5H2,1H3,(H,13,14). The van der Waals surface area contributed by atoms with E-state index in [9.17, 15) is 9.59 Å². The first-order valence-corrected chi connectivity index (χ1v) is 7.82. The largest absolute Gasteiger partial charge is 0.462 e. The number of esters is 1. The molecule has 1 aliphatic heterocycles. The molecule has 0 aliphatic carbocycles. The van der Waals surface area contributed by atoms with E-state index in [-0.39, 0.29) is 17.8 Å². The number of hydrogen-bond donors (Lipinski definition) is 1. The van der Waals surface area contributed by atoms with Gasteiger partial charge < -0.3 is 10.1 Å². The number of thioether (sulfide) groups is 1. The van der Waals surface area contributed by atoms with E-state index in [0.29, 0.717) is 17.2 Å². The molecule has 1 aliphatic rings. The topological polar surface area (TPSA) is 55.4 Å². The van der Waals surface area contributed by atoms with Gasteiger partial charge in [-0.3, -0.25) is 4.79 Å². The maximum Gasteiger partial charge on any atom is 0.341 e. The van der Waals surface area contributed by atoms with Crippen molar-refractivity contribution in [2.24, 2.45) is 0 Å². The van der Waals surface area contributed by atoms with Crippen LogP contribution in [0.1, 0.15) is 22.8 Å². The Labute approximate surface area is 118 Å². The van der Waals surface area contributed by atoms with Crippen molar-refractivity contribution in [1.82, 2.24) is 0 Å². The Hall–Kier alpha value is -0.720. The normalized spacial score (nSPS) is 13.2. The second-order valence-electron chi connectivity index (χ2n) is 3.57. The van der Waals surface area contributed by atoms with E-state index < -0.39 is 0 Å². The first kappa shape index (κ1) is 13.7. The maximum atomic E-state index is 11.9. The van der Waals surface area contributed by atoms with Crippen molar-refractivity contribution >= 4 is 51.6 Å². The zero-order valence-corrected chi connectivity index (χ0v) is 12.1. The number of ether oxygens (including phenoxy) is 1. The molecule has 2 rings (SSSR count). The van der Waals surface area contributed by atoms with E-state index in [1.54, 1.807) is 18.7 Å². The van der Waals surface area contributed by atoms with Gasteiger partial charge in [0, 0.05) is 5.75 Å². The van der Waals surface area contributed by atoms with Gasteiger partial charge in [0.2, 0.25) is 5.91 Å². The van der Waals surface area contributed by atoms with Crippen LogP contribution in [-0.2, 0) is 16.0 Å². The Morgan fingerprint density at radius 1 is 1.50 bits per heavy atom. The highest BCUT2D eigenvalue weighted by Crippen LogP contribution is 2.45. The van der Waals surface area contributed by atoms with Gasteiger partial charge in [-0.15, -0.1) is 34.7 Å². The van der Waals surface area contributed by atoms with Crippen molar-refractivity contribution in [2.75, 3.05) is 23.6 Å². The number of nitrogens with one attached hydrogen (secondary N) is 1. The summed E-state index contributed by atoms with van der Waals surface area (Å²) >= 11 is 8.58. The van der Waals surface area contributed by atoms with Crippen molar-refractivity contribution in [3.8, 4) is 0 Å². The van der Waals surface area contributed by atoms with E-state index in [0.717, 1.165) is 21.9 Å². The van der Waals surface area contributed by atoms with Crippen LogP contribution in [0.3, 0.4) is 0 Å². The van der Waals surface area contributed by atoms with Crippen LogP contribution in [0, 0.1) is 0 Å². The van der Waals surface area contributed by atoms with E-state index in [1.807, 2.05) is 0 Å². The number of carbonyl (C=O) groups excluding carboxylic acids is 2. The molecule has 0 atom stereocenters. The van der Waals surface area contributed by atoms with Gasteiger partial charge in [-0.05, 0) is 18.9 Å². The van der Waals surface area contributed by atoms with Gasteiger partial charge in [0.1, 0.15) is 10.9 Å².